The Bertz CT molecular complexity index is 797. The second-order valence-corrected chi connectivity index (χ2v) is 14.8. The van der Waals surface area contributed by atoms with Crippen LogP contribution < -0.4 is 5.32 Å². The molecule has 0 spiro atoms. The third-order valence-corrected chi connectivity index (χ3v) is 10.1. The Kier molecular flexibility index (Phi) is 30.6. The van der Waals surface area contributed by atoms with E-state index in [1.165, 1.54) is 116 Å². The minimum absolute atomic E-state index is 0.146. The van der Waals surface area contributed by atoms with Gasteiger partial charge in [0.15, 0.2) is 6.29 Å². The predicted molar refractivity (Wildman–Crippen MR) is 203 cm³/mol. The summed E-state index contributed by atoms with van der Waals surface area (Å²) in [4.78, 5) is 12.9. The Labute approximate surface area is 306 Å². The zero-order valence-electron chi connectivity index (χ0n) is 32.2. The summed E-state index contributed by atoms with van der Waals surface area (Å²) in [7, 11) is 0. The molecule has 1 rings (SSSR count). The van der Waals surface area contributed by atoms with E-state index >= 15 is 0 Å². The monoisotopic (exact) mass is 714 g/mol. The molecular weight excluding hydrogens is 634 g/mol. The molecule has 0 aromatic rings. The van der Waals surface area contributed by atoms with Crippen LogP contribution in [0.25, 0.3) is 0 Å². The van der Waals surface area contributed by atoms with Crippen LogP contribution in [0.15, 0.2) is 12.2 Å². The highest BCUT2D eigenvalue weighted by molar-refractivity contribution is 5.76. The van der Waals surface area contributed by atoms with Gasteiger partial charge in [0.2, 0.25) is 5.91 Å². The molecule has 6 N–H and O–H groups in total. The van der Waals surface area contributed by atoms with E-state index in [-0.39, 0.29) is 12.5 Å². The first-order valence-electron chi connectivity index (χ1n) is 20.9. The molecule has 1 aliphatic heterocycles. The van der Waals surface area contributed by atoms with Crippen LogP contribution in [-0.2, 0) is 14.3 Å². The van der Waals surface area contributed by atoms with E-state index in [0.29, 0.717) is 12.8 Å². The fourth-order valence-electron chi connectivity index (χ4n) is 6.68. The number of aliphatic hydroxyl groups is 5. The number of unbranched alkanes of at least 4 members (excludes halogenated alkanes) is 22. The van der Waals surface area contributed by atoms with Crippen LogP contribution in [0.5, 0.6) is 0 Å². The molecule has 1 fully saturated rings. The van der Waals surface area contributed by atoms with Crippen molar-refractivity contribution in [1.82, 2.24) is 5.32 Å². The molecular formula is C41H79NO8. The number of rotatable bonds is 34. The summed E-state index contributed by atoms with van der Waals surface area (Å²) in [6, 6.07) is -0.727. The Balaban J connectivity index is 2.40. The van der Waals surface area contributed by atoms with Crippen molar-refractivity contribution in [3.63, 3.8) is 0 Å². The number of hydrogen-bond donors (Lipinski definition) is 6. The highest BCUT2D eigenvalue weighted by Crippen LogP contribution is 2.23. The summed E-state index contributed by atoms with van der Waals surface area (Å²) in [5.41, 5.74) is 0. The van der Waals surface area contributed by atoms with Gasteiger partial charge in [0.1, 0.15) is 24.4 Å². The Morgan fingerprint density at radius 1 is 0.660 bits per heavy atom. The number of carbonyl (C=O) groups excluding carboxylic acids is 1. The molecule has 1 amide bonds. The quantitative estimate of drug-likeness (QED) is 0.0293. The first-order chi connectivity index (χ1) is 24.3. The van der Waals surface area contributed by atoms with Gasteiger partial charge in [-0.05, 0) is 38.5 Å². The summed E-state index contributed by atoms with van der Waals surface area (Å²) >= 11 is 0. The van der Waals surface area contributed by atoms with Crippen LogP contribution in [0.2, 0.25) is 0 Å². The van der Waals surface area contributed by atoms with Gasteiger partial charge in [-0.3, -0.25) is 4.79 Å². The molecule has 0 aromatic heterocycles. The van der Waals surface area contributed by atoms with Crippen LogP contribution in [0.3, 0.4) is 0 Å². The average Bonchev–Trinajstić information content (AvgIpc) is 3.11. The van der Waals surface area contributed by atoms with E-state index in [1.54, 1.807) is 0 Å². The van der Waals surface area contributed by atoms with Crippen LogP contribution in [0.4, 0.5) is 0 Å². The Morgan fingerprint density at radius 2 is 1.12 bits per heavy atom. The Morgan fingerprint density at radius 3 is 1.62 bits per heavy atom. The number of ether oxygens (including phenoxy) is 2. The maximum atomic E-state index is 12.9. The van der Waals surface area contributed by atoms with Gasteiger partial charge in [-0.15, -0.1) is 0 Å². The maximum absolute atomic E-state index is 12.9. The first kappa shape index (κ1) is 47.0. The summed E-state index contributed by atoms with van der Waals surface area (Å²) in [5.74, 6) is -0.155. The SMILES string of the molecule is CCCCCCCCCCC/C=C/CCCC[C@@H](O)[C@H](CO[C@@H]1O[C@H](CO)[C@@H](O)C(O)C1O)NC(=O)CCCCCCCCCCCCCC. The van der Waals surface area contributed by atoms with E-state index in [1.807, 2.05) is 0 Å². The second-order valence-electron chi connectivity index (χ2n) is 14.8. The smallest absolute Gasteiger partial charge is 0.220 e. The van der Waals surface area contributed by atoms with Gasteiger partial charge in [-0.2, -0.15) is 0 Å². The fourth-order valence-corrected chi connectivity index (χ4v) is 6.68. The molecule has 0 radical (unpaired) electrons. The lowest BCUT2D eigenvalue weighted by atomic mass is 9.99. The minimum Gasteiger partial charge on any atom is -0.394 e. The molecule has 0 bridgehead atoms. The van der Waals surface area contributed by atoms with Crippen molar-refractivity contribution in [3.8, 4) is 0 Å². The summed E-state index contributed by atoms with van der Waals surface area (Å²) in [6.45, 7) is 3.80. The number of aliphatic hydroxyl groups excluding tert-OH is 5. The number of hydrogen-bond acceptors (Lipinski definition) is 8. The number of allylic oxidation sites excluding steroid dienone is 2. The largest absolute Gasteiger partial charge is 0.394 e. The molecule has 1 saturated heterocycles. The molecule has 0 saturated carbocycles. The Hall–Kier alpha value is -1.07. The van der Waals surface area contributed by atoms with E-state index in [0.717, 1.165) is 44.9 Å². The predicted octanol–water partition coefficient (Wildman–Crippen LogP) is 7.78. The van der Waals surface area contributed by atoms with E-state index in [2.05, 4.69) is 31.3 Å². The van der Waals surface area contributed by atoms with Crippen LogP contribution in [-0.4, -0.2) is 87.5 Å². The average molecular weight is 714 g/mol. The summed E-state index contributed by atoms with van der Waals surface area (Å²) < 4.78 is 11.2. The molecule has 50 heavy (non-hydrogen) atoms. The third kappa shape index (κ3) is 23.5. The van der Waals surface area contributed by atoms with Gasteiger partial charge in [-0.1, -0.05) is 154 Å². The molecule has 0 aliphatic carbocycles. The normalized spacial score (nSPS) is 22.3. The fraction of sp³-hybridized carbons (Fsp3) is 0.927. The summed E-state index contributed by atoms with van der Waals surface area (Å²) in [6.07, 6.45) is 27.9. The molecule has 9 heteroatoms. The van der Waals surface area contributed by atoms with Crippen LogP contribution in [0.1, 0.15) is 187 Å². The summed E-state index contributed by atoms with van der Waals surface area (Å²) in [5, 5.41) is 54.1. The van der Waals surface area contributed by atoms with Crippen molar-refractivity contribution in [2.75, 3.05) is 13.2 Å². The van der Waals surface area contributed by atoms with Crippen molar-refractivity contribution >= 4 is 5.91 Å². The zero-order valence-corrected chi connectivity index (χ0v) is 32.2. The lowest BCUT2D eigenvalue weighted by molar-refractivity contribution is -0.302. The molecule has 1 heterocycles. The molecule has 296 valence electrons. The number of amides is 1. The topological polar surface area (TPSA) is 149 Å². The van der Waals surface area contributed by atoms with Crippen LogP contribution >= 0.6 is 0 Å². The van der Waals surface area contributed by atoms with Gasteiger partial charge in [0.05, 0.1) is 25.4 Å². The van der Waals surface area contributed by atoms with Crippen LogP contribution in [0, 0.1) is 0 Å². The van der Waals surface area contributed by atoms with Gasteiger partial charge >= 0.3 is 0 Å². The molecule has 7 atom stereocenters. The molecule has 9 nitrogen and oxygen atoms in total. The highest BCUT2D eigenvalue weighted by atomic mass is 16.7. The van der Waals surface area contributed by atoms with Crippen molar-refractivity contribution in [1.29, 1.82) is 0 Å². The molecule has 0 aromatic carbocycles. The number of nitrogens with one attached hydrogen (secondary N) is 1. The standard InChI is InChI=1S/C41H79NO8/c1-3-5-7-9-11-13-15-17-18-19-20-22-24-26-28-30-35(44)34(33-49-41-40(48)39(47)38(46)36(32-43)50-41)42-37(45)31-29-27-25-23-21-16-14-12-10-8-6-4-2/h20,22,34-36,38-41,43-44,46-48H,3-19,21,23-33H2,1-2H3,(H,42,45)/b22-20+/t34-,35+,36+,38+,39?,40?,41+/m0/s1. The number of carbonyl (C=O) groups is 1. The van der Waals surface area contributed by atoms with Crippen molar-refractivity contribution in [2.45, 2.75) is 230 Å². The minimum atomic E-state index is -1.55. The van der Waals surface area contributed by atoms with Crippen molar-refractivity contribution in [3.05, 3.63) is 12.2 Å². The van der Waals surface area contributed by atoms with Gasteiger partial charge in [-0.25, -0.2) is 0 Å². The van der Waals surface area contributed by atoms with E-state index in [9.17, 15) is 30.3 Å². The van der Waals surface area contributed by atoms with Gasteiger partial charge in [0, 0.05) is 6.42 Å². The lowest BCUT2D eigenvalue weighted by Crippen LogP contribution is -2.60. The zero-order chi connectivity index (χ0) is 36.7. The van der Waals surface area contributed by atoms with Gasteiger partial charge in [0.25, 0.3) is 0 Å². The van der Waals surface area contributed by atoms with Crippen molar-refractivity contribution in [2.24, 2.45) is 0 Å². The van der Waals surface area contributed by atoms with E-state index < -0.39 is 49.5 Å². The maximum Gasteiger partial charge on any atom is 0.220 e. The van der Waals surface area contributed by atoms with Gasteiger partial charge < -0.3 is 40.3 Å². The third-order valence-electron chi connectivity index (χ3n) is 10.1. The molecule has 1 aliphatic rings. The first-order valence-corrected chi connectivity index (χ1v) is 20.9. The van der Waals surface area contributed by atoms with Crippen molar-refractivity contribution < 1.29 is 39.8 Å². The highest BCUT2D eigenvalue weighted by Gasteiger charge is 2.44. The lowest BCUT2D eigenvalue weighted by Gasteiger charge is -2.40. The van der Waals surface area contributed by atoms with E-state index in [4.69, 9.17) is 9.47 Å². The molecule has 2 unspecified atom stereocenters. The second kappa shape index (κ2) is 32.6.